The number of amides is 1. The second kappa shape index (κ2) is 4.30. The Morgan fingerprint density at radius 1 is 1.58 bits per heavy atom. The van der Waals surface area contributed by atoms with Crippen molar-refractivity contribution in [2.45, 2.75) is 20.8 Å². The highest BCUT2D eigenvalue weighted by Gasteiger charge is 2.22. The summed E-state index contributed by atoms with van der Waals surface area (Å²) in [4.78, 5) is 11.2. The molecule has 0 radical (unpaired) electrons. The second-order valence-electron chi connectivity index (χ2n) is 3.38. The molecule has 70 valence electrons. The molecule has 0 heterocycles. The molecule has 0 rings (SSSR count). The van der Waals surface area contributed by atoms with E-state index < -0.39 is 5.41 Å². The Labute approximate surface area is 76.6 Å². The maximum absolute atomic E-state index is 11.2. The number of oxime groups is 1. The molecule has 0 aromatic heterocycles. The Kier molecular flexibility index (Phi) is 4.03. The summed E-state index contributed by atoms with van der Waals surface area (Å²) in [6, 6.07) is 0. The number of carbonyl (C=O) groups excluding carboxylic acids is 1. The highest BCUT2D eigenvalue weighted by molar-refractivity contribution is 6.29. The predicted molar refractivity (Wildman–Crippen MR) is 47.5 cm³/mol. The van der Waals surface area contributed by atoms with Gasteiger partial charge in [0.15, 0.2) is 5.84 Å². The van der Waals surface area contributed by atoms with Gasteiger partial charge in [0, 0.05) is 5.41 Å². The van der Waals surface area contributed by atoms with Gasteiger partial charge < -0.3 is 10.5 Å². The molecule has 1 amide bonds. The summed E-state index contributed by atoms with van der Waals surface area (Å²) >= 11 is 5.36. The van der Waals surface area contributed by atoms with Gasteiger partial charge in [0.1, 0.15) is 0 Å². The van der Waals surface area contributed by atoms with Gasteiger partial charge >= 0.3 is 0 Å². The number of hydrogen-bond donors (Lipinski definition) is 2. The minimum Gasteiger partial charge on any atom is -0.409 e. The maximum Gasteiger partial charge on any atom is 0.230 e. The molecule has 0 aliphatic rings. The van der Waals surface area contributed by atoms with Crippen molar-refractivity contribution in [3.05, 3.63) is 0 Å². The summed E-state index contributed by atoms with van der Waals surface area (Å²) < 4.78 is 0. The quantitative estimate of drug-likeness (QED) is 0.215. The number of carbonyl (C=O) groups is 1. The van der Waals surface area contributed by atoms with E-state index in [1.54, 1.807) is 20.8 Å². The standard InChI is InChI=1S/C7H13ClN2O2/c1-7(2,3)6(11)9-5(4-8)10-12/h12H,4H2,1-3H3,(H,9,10,11). The van der Waals surface area contributed by atoms with Crippen molar-refractivity contribution in [3.8, 4) is 0 Å². The normalized spacial score (nSPS) is 12.8. The molecule has 0 unspecified atom stereocenters. The zero-order valence-electron chi connectivity index (χ0n) is 7.39. The van der Waals surface area contributed by atoms with Gasteiger partial charge in [-0.05, 0) is 0 Å². The van der Waals surface area contributed by atoms with Gasteiger partial charge in [-0.25, -0.2) is 0 Å². The van der Waals surface area contributed by atoms with Crippen LogP contribution in [0.5, 0.6) is 0 Å². The fourth-order valence-corrected chi connectivity index (χ4v) is 0.524. The lowest BCUT2D eigenvalue weighted by atomic mass is 9.96. The van der Waals surface area contributed by atoms with E-state index in [9.17, 15) is 4.79 Å². The molecule has 0 aromatic carbocycles. The van der Waals surface area contributed by atoms with Crippen molar-refractivity contribution in [1.82, 2.24) is 5.32 Å². The van der Waals surface area contributed by atoms with E-state index in [0.29, 0.717) is 0 Å². The van der Waals surface area contributed by atoms with Crippen molar-refractivity contribution >= 4 is 23.3 Å². The zero-order chi connectivity index (χ0) is 9.78. The topological polar surface area (TPSA) is 61.7 Å². The summed E-state index contributed by atoms with van der Waals surface area (Å²) in [7, 11) is 0. The molecule has 2 N–H and O–H groups in total. The van der Waals surface area contributed by atoms with Crippen molar-refractivity contribution in [1.29, 1.82) is 0 Å². The highest BCUT2D eigenvalue weighted by atomic mass is 35.5. The van der Waals surface area contributed by atoms with E-state index in [4.69, 9.17) is 16.8 Å². The lowest BCUT2D eigenvalue weighted by molar-refractivity contribution is -0.127. The molecule has 0 spiro atoms. The van der Waals surface area contributed by atoms with E-state index in [0.717, 1.165) is 0 Å². The molecule has 0 saturated carbocycles. The number of nitrogens with one attached hydrogen (secondary N) is 1. The molecule has 0 saturated heterocycles. The summed E-state index contributed by atoms with van der Waals surface area (Å²) in [5.41, 5.74) is -0.512. The second-order valence-corrected chi connectivity index (χ2v) is 3.65. The van der Waals surface area contributed by atoms with Crippen LogP contribution in [-0.4, -0.2) is 22.8 Å². The number of amidine groups is 1. The van der Waals surface area contributed by atoms with Crippen molar-refractivity contribution in [2.75, 3.05) is 5.88 Å². The van der Waals surface area contributed by atoms with Gasteiger partial charge in [-0.3, -0.25) is 4.79 Å². The monoisotopic (exact) mass is 192 g/mol. The van der Waals surface area contributed by atoms with Crippen LogP contribution >= 0.6 is 11.6 Å². The minimum absolute atomic E-state index is 0.0156. The SMILES string of the molecule is CC(C)(C)C(=O)N/C(CCl)=N\O. The van der Waals surface area contributed by atoms with Crippen LogP contribution in [0.25, 0.3) is 0 Å². The Hall–Kier alpha value is -0.770. The van der Waals surface area contributed by atoms with Gasteiger partial charge in [-0.2, -0.15) is 0 Å². The lowest BCUT2D eigenvalue weighted by Crippen LogP contribution is -2.39. The molecule has 0 aliphatic heterocycles. The third kappa shape index (κ3) is 3.57. The largest absolute Gasteiger partial charge is 0.409 e. The van der Waals surface area contributed by atoms with Gasteiger partial charge in [0.05, 0.1) is 5.88 Å². The van der Waals surface area contributed by atoms with Crippen molar-refractivity contribution in [3.63, 3.8) is 0 Å². The molecular formula is C7H13ClN2O2. The van der Waals surface area contributed by atoms with E-state index >= 15 is 0 Å². The van der Waals surface area contributed by atoms with Crippen LogP contribution in [-0.2, 0) is 4.79 Å². The van der Waals surface area contributed by atoms with Crippen LogP contribution < -0.4 is 5.32 Å². The number of alkyl halides is 1. The van der Waals surface area contributed by atoms with Gasteiger partial charge in [-0.15, -0.1) is 11.6 Å². The first-order valence-electron chi connectivity index (χ1n) is 3.50. The molecule has 0 aliphatic carbocycles. The van der Waals surface area contributed by atoms with Crippen LogP contribution in [0.3, 0.4) is 0 Å². The average molecular weight is 193 g/mol. The summed E-state index contributed by atoms with van der Waals surface area (Å²) in [6.45, 7) is 5.27. The first kappa shape index (κ1) is 11.2. The number of halogens is 1. The first-order valence-corrected chi connectivity index (χ1v) is 4.03. The van der Waals surface area contributed by atoms with Crippen molar-refractivity contribution in [2.24, 2.45) is 10.6 Å². The molecule has 0 atom stereocenters. The molecule has 4 nitrogen and oxygen atoms in total. The van der Waals surface area contributed by atoms with Gasteiger partial charge in [-0.1, -0.05) is 25.9 Å². The molecule has 0 aromatic rings. The Morgan fingerprint density at radius 2 is 2.08 bits per heavy atom. The fourth-order valence-electron chi connectivity index (χ4n) is 0.404. The number of nitrogens with zero attached hydrogens (tertiary/aromatic N) is 1. The summed E-state index contributed by atoms with van der Waals surface area (Å²) in [6.07, 6.45) is 0. The first-order chi connectivity index (χ1) is 5.41. The Bertz CT molecular complexity index is 196. The average Bonchev–Trinajstić information content (AvgIpc) is 1.97. The molecule has 12 heavy (non-hydrogen) atoms. The van der Waals surface area contributed by atoms with Crippen LogP contribution in [0.15, 0.2) is 5.16 Å². The molecular weight excluding hydrogens is 180 g/mol. The number of hydrogen-bond acceptors (Lipinski definition) is 3. The summed E-state index contributed by atoms with van der Waals surface area (Å²) in [5.74, 6) is -0.175. The smallest absolute Gasteiger partial charge is 0.230 e. The van der Waals surface area contributed by atoms with E-state index in [1.165, 1.54) is 0 Å². The van der Waals surface area contributed by atoms with E-state index in [2.05, 4.69) is 10.5 Å². The fraction of sp³-hybridized carbons (Fsp3) is 0.714. The van der Waals surface area contributed by atoms with Crippen LogP contribution in [0.2, 0.25) is 0 Å². The Morgan fingerprint density at radius 3 is 2.33 bits per heavy atom. The third-order valence-corrected chi connectivity index (χ3v) is 1.44. The predicted octanol–water partition coefficient (Wildman–Crippen LogP) is 1.18. The van der Waals surface area contributed by atoms with Crippen molar-refractivity contribution < 1.29 is 10.0 Å². The third-order valence-electron chi connectivity index (χ3n) is 1.19. The molecule has 0 fully saturated rings. The van der Waals surface area contributed by atoms with Crippen LogP contribution in [0, 0.1) is 5.41 Å². The number of rotatable bonds is 1. The van der Waals surface area contributed by atoms with Gasteiger partial charge in [0.25, 0.3) is 0 Å². The van der Waals surface area contributed by atoms with E-state index in [-0.39, 0.29) is 17.6 Å². The minimum atomic E-state index is -0.512. The van der Waals surface area contributed by atoms with Gasteiger partial charge in [0.2, 0.25) is 5.91 Å². The Balaban J connectivity index is 4.19. The molecule has 0 bridgehead atoms. The molecule has 5 heteroatoms. The van der Waals surface area contributed by atoms with E-state index in [1.807, 2.05) is 0 Å². The zero-order valence-corrected chi connectivity index (χ0v) is 8.14. The highest BCUT2D eigenvalue weighted by Crippen LogP contribution is 2.12. The van der Waals surface area contributed by atoms with Crippen LogP contribution in [0.1, 0.15) is 20.8 Å². The lowest BCUT2D eigenvalue weighted by Gasteiger charge is -2.16. The van der Waals surface area contributed by atoms with Crippen LogP contribution in [0.4, 0.5) is 0 Å². The maximum atomic E-state index is 11.2. The summed E-state index contributed by atoms with van der Waals surface area (Å²) in [5, 5.41) is 13.5.